The monoisotopic (exact) mass is 364 g/mol. The molecule has 0 bridgehead atoms. The van der Waals surface area contributed by atoms with Crippen LogP contribution in [-0.2, 0) is 4.79 Å². The molecule has 7 nitrogen and oxygen atoms in total. The first-order valence-corrected chi connectivity index (χ1v) is 9.17. The van der Waals surface area contributed by atoms with Gasteiger partial charge in [0.05, 0.1) is 11.2 Å². The average Bonchev–Trinajstić information content (AvgIpc) is 3.34. The van der Waals surface area contributed by atoms with E-state index in [9.17, 15) is 4.79 Å². The third-order valence-corrected chi connectivity index (χ3v) is 4.75. The van der Waals surface area contributed by atoms with Gasteiger partial charge in [0.2, 0.25) is 5.82 Å². The number of carbonyl (C=O) groups is 1. The number of hydrogen-bond donors (Lipinski definition) is 1. The van der Waals surface area contributed by atoms with Gasteiger partial charge in [0, 0.05) is 22.5 Å². The highest BCUT2D eigenvalue weighted by Gasteiger charge is 2.23. The van der Waals surface area contributed by atoms with Crippen molar-refractivity contribution in [2.45, 2.75) is 19.4 Å². The summed E-state index contributed by atoms with van der Waals surface area (Å²) in [5.74, 6) is 0.323. The van der Waals surface area contributed by atoms with Crippen LogP contribution >= 0.6 is 11.3 Å². The summed E-state index contributed by atoms with van der Waals surface area (Å²) in [6.07, 6.45) is 2.25. The van der Waals surface area contributed by atoms with E-state index in [4.69, 9.17) is 0 Å². The van der Waals surface area contributed by atoms with Gasteiger partial charge in [0.15, 0.2) is 6.04 Å². The Hall–Kier alpha value is -3.13. The number of hydrogen-bond acceptors (Lipinski definition) is 6. The van der Waals surface area contributed by atoms with Crippen molar-refractivity contribution in [1.82, 2.24) is 25.2 Å². The average molecular weight is 364 g/mol. The lowest BCUT2D eigenvalue weighted by Crippen LogP contribution is -2.27. The van der Waals surface area contributed by atoms with Gasteiger partial charge in [-0.05, 0) is 35.2 Å². The number of tetrazole rings is 1. The van der Waals surface area contributed by atoms with Crippen molar-refractivity contribution in [2.24, 2.45) is 0 Å². The zero-order chi connectivity index (χ0) is 17.9. The maximum atomic E-state index is 12.8. The Morgan fingerprint density at radius 3 is 2.96 bits per heavy atom. The van der Waals surface area contributed by atoms with Crippen LogP contribution in [0.25, 0.3) is 22.3 Å². The molecular weight excluding hydrogens is 348 g/mol. The number of benzene rings is 1. The van der Waals surface area contributed by atoms with Crippen molar-refractivity contribution in [3.8, 4) is 11.4 Å². The number of pyridine rings is 1. The van der Waals surface area contributed by atoms with Gasteiger partial charge >= 0.3 is 0 Å². The molecule has 26 heavy (non-hydrogen) atoms. The first kappa shape index (κ1) is 16.3. The second kappa shape index (κ2) is 7.01. The zero-order valence-corrected chi connectivity index (χ0v) is 14.8. The van der Waals surface area contributed by atoms with E-state index in [0.29, 0.717) is 17.9 Å². The van der Waals surface area contributed by atoms with Crippen molar-refractivity contribution in [1.29, 1.82) is 0 Å². The largest absolute Gasteiger partial charge is 0.322 e. The van der Waals surface area contributed by atoms with E-state index in [1.807, 2.05) is 54.1 Å². The fourth-order valence-corrected chi connectivity index (χ4v) is 3.37. The molecule has 0 aliphatic carbocycles. The number of thiophene rings is 1. The second-order valence-corrected chi connectivity index (χ2v) is 6.52. The van der Waals surface area contributed by atoms with Crippen molar-refractivity contribution >= 4 is 33.8 Å². The predicted octanol–water partition coefficient (Wildman–Crippen LogP) is 3.54. The van der Waals surface area contributed by atoms with E-state index in [0.717, 1.165) is 16.5 Å². The number of fused-ring (bicyclic) bond motifs is 1. The van der Waals surface area contributed by atoms with Crippen LogP contribution in [0.2, 0.25) is 0 Å². The molecule has 1 N–H and O–H groups in total. The van der Waals surface area contributed by atoms with E-state index in [1.165, 1.54) is 4.80 Å². The minimum Gasteiger partial charge on any atom is -0.322 e. The summed E-state index contributed by atoms with van der Waals surface area (Å²) in [5.41, 5.74) is 2.32. The lowest BCUT2D eigenvalue weighted by Gasteiger charge is -2.14. The quantitative estimate of drug-likeness (QED) is 0.585. The first-order valence-electron chi connectivity index (χ1n) is 8.23. The Morgan fingerprint density at radius 2 is 2.15 bits per heavy atom. The first-order chi connectivity index (χ1) is 12.8. The topological polar surface area (TPSA) is 85.6 Å². The molecule has 0 spiro atoms. The van der Waals surface area contributed by atoms with Gasteiger partial charge in [-0.15, -0.1) is 10.2 Å². The predicted molar refractivity (Wildman–Crippen MR) is 101 cm³/mol. The number of para-hydroxylation sites is 1. The molecule has 0 aliphatic rings. The van der Waals surface area contributed by atoms with Crippen molar-refractivity contribution < 1.29 is 4.79 Å². The van der Waals surface area contributed by atoms with E-state index < -0.39 is 6.04 Å². The highest BCUT2D eigenvalue weighted by Crippen LogP contribution is 2.23. The van der Waals surface area contributed by atoms with E-state index in [1.54, 1.807) is 17.5 Å². The van der Waals surface area contributed by atoms with Crippen LogP contribution in [0.4, 0.5) is 5.69 Å². The fourth-order valence-electron chi connectivity index (χ4n) is 2.74. The molecule has 0 fully saturated rings. The molecule has 130 valence electrons. The van der Waals surface area contributed by atoms with Crippen LogP contribution in [0, 0.1) is 0 Å². The number of amides is 1. The van der Waals surface area contributed by atoms with E-state index in [2.05, 4.69) is 25.7 Å². The van der Waals surface area contributed by atoms with Crippen LogP contribution in [0.1, 0.15) is 19.4 Å². The maximum Gasteiger partial charge on any atom is 0.251 e. The standard InChI is InChI=1S/C18H16N6OS/c1-2-15(24-22-17(21-23-24)13-8-10-26-11-13)18(25)20-14-7-3-5-12-6-4-9-19-16(12)14/h3-11,15H,2H2,1H3,(H,20,25)/t15-/m0/s1. The summed E-state index contributed by atoms with van der Waals surface area (Å²) in [6.45, 7) is 1.92. The third kappa shape index (κ3) is 3.06. The van der Waals surface area contributed by atoms with Crippen LogP contribution in [0.15, 0.2) is 53.4 Å². The lowest BCUT2D eigenvalue weighted by molar-refractivity contribution is -0.119. The molecule has 3 aromatic heterocycles. The molecular formula is C18H16N6OS. The van der Waals surface area contributed by atoms with Crippen LogP contribution in [-0.4, -0.2) is 31.1 Å². The summed E-state index contributed by atoms with van der Waals surface area (Å²) in [4.78, 5) is 18.6. The molecule has 0 radical (unpaired) electrons. The van der Waals surface area contributed by atoms with E-state index in [-0.39, 0.29) is 5.91 Å². The lowest BCUT2D eigenvalue weighted by atomic mass is 10.1. The summed E-state index contributed by atoms with van der Waals surface area (Å²) >= 11 is 1.56. The van der Waals surface area contributed by atoms with Gasteiger partial charge < -0.3 is 5.32 Å². The Labute approximate surface area is 153 Å². The molecule has 1 amide bonds. The van der Waals surface area contributed by atoms with Gasteiger partial charge in [0.25, 0.3) is 5.91 Å². The summed E-state index contributed by atoms with van der Waals surface area (Å²) < 4.78 is 0. The van der Waals surface area contributed by atoms with Gasteiger partial charge in [0.1, 0.15) is 0 Å². The van der Waals surface area contributed by atoms with Crippen molar-refractivity contribution in [2.75, 3.05) is 5.32 Å². The normalized spacial score (nSPS) is 12.2. The molecule has 8 heteroatoms. The molecule has 4 aromatic rings. The molecule has 0 saturated carbocycles. The van der Waals surface area contributed by atoms with Gasteiger partial charge in [-0.3, -0.25) is 9.78 Å². The molecule has 0 saturated heterocycles. The van der Waals surface area contributed by atoms with Gasteiger partial charge in [-0.1, -0.05) is 25.1 Å². The molecule has 0 unspecified atom stereocenters. The number of nitrogens with zero attached hydrogens (tertiary/aromatic N) is 5. The molecule has 1 aromatic carbocycles. The van der Waals surface area contributed by atoms with Crippen LogP contribution < -0.4 is 5.32 Å². The van der Waals surface area contributed by atoms with Crippen LogP contribution in [0.3, 0.4) is 0 Å². The summed E-state index contributed by atoms with van der Waals surface area (Å²) in [7, 11) is 0. The zero-order valence-electron chi connectivity index (χ0n) is 14.0. The van der Waals surface area contributed by atoms with Gasteiger partial charge in [-0.2, -0.15) is 16.1 Å². The number of anilines is 1. The maximum absolute atomic E-state index is 12.8. The Balaban J connectivity index is 1.60. The number of carbonyl (C=O) groups excluding carboxylic acids is 1. The minimum atomic E-state index is -0.547. The number of nitrogens with one attached hydrogen (secondary N) is 1. The number of aromatic nitrogens is 5. The molecule has 3 heterocycles. The summed E-state index contributed by atoms with van der Waals surface area (Å²) in [5, 5.41) is 20.3. The van der Waals surface area contributed by atoms with Gasteiger partial charge in [-0.25, -0.2) is 0 Å². The highest BCUT2D eigenvalue weighted by atomic mass is 32.1. The smallest absolute Gasteiger partial charge is 0.251 e. The molecule has 4 rings (SSSR count). The molecule has 0 aliphatic heterocycles. The minimum absolute atomic E-state index is 0.195. The Bertz CT molecular complexity index is 1040. The van der Waals surface area contributed by atoms with Crippen molar-refractivity contribution in [3.05, 3.63) is 53.4 Å². The molecule has 1 atom stereocenters. The third-order valence-electron chi connectivity index (χ3n) is 4.07. The SMILES string of the molecule is CC[C@@H](C(=O)Nc1cccc2cccnc12)n1nnc(-c2ccsc2)n1. The van der Waals surface area contributed by atoms with Crippen LogP contribution in [0.5, 0.6) is 0 Å². The van der Waals surface area contributed by atoms with Crippen molar-refractivity contribution in [3.63, 3.8) is 0 Å². The second-order valence-electron chi connectivity index (χ2n) is 5.74. The summed E-state index contributed by atoms with van der Waals surface area (Å²) in [6, 6.07) is 10.9. The Morgan fingerprint density at radius 1 is 1.27 bits per heavy atom. The fraction of sp³-hybridized carbons (Fsp3) is 0.167. The van der Waals surface area contributed by atoms with E-state index >= 15 is 0 Å². The Kier molecular flexibility index (Phi) is 4.40. The highest BCUT2D eigenvalue weighted by molar-refractivity contribution is 7.08. The number of rotatable bonds is 5.